The molecule has 1 aromatic carbocycles. The van der Waals surface area contributed by atoms with Crippen molar-refractivity contribution >= 4 is 10.0 Å². The Morgan fingerprint density at radius 1 is 1.03 bits per heavy atom. The molecule has 0 bridgehead atoms. The number of benzene rings is 1. The molecular weight excluding hydrogens is 386 g/mol. The largest absolute Gasteiger partial charge is 0.264 e. The standard InChI is InChI=1S/C21H23N5O2S/c1-15-8-10-17(11-9-15)29(27,28)25-14-20-21(16-5-4-12-22-13-16)23-24-26(20)19-7-3-2-6-18(19)25/h4-5,8-13,18-19H,2-3,6-7,14H2,1H3/t18-,19-/m1/s1. The Morgan fingerprint density at radius 2 is 1.79 bits per heavy atom. The van der Waals surface area contributed by atoms with Gasteiger partial charge in [-0.15, -0.1) is 5.10 Å². The lowest BCUT2D eigenvalue weighted by atomic mass is 9.88. The van der Waals surface area contributed by atoms with Gasteiger partial charge in [0.1, 0.15) is 5.69 Å². The molecule has 8 heteroatoms. The molecule has 1 aliphatic carbocycles. The van der Waals surface area contributed by atoms with E-state index in [1.54, 1.807) is 28.8 Å². The maximum absolute atomic E-state index is 13.6. The van der Waals surface area contributed by atoms with Crippen LogP contribution >= 0.6 is 0 Å². The zero-order valence-electron chi connectivity index (χ0n) is 16.3. The van der Waals surface area contributed by atoms with Crippen molar-refractivity contribution in [2.75, 3.05) is 0 Å². The van der Waals surface area contributed by atoms with Gasteiger partial charge in [-0.2, -0.15) is 4.31 Å². The monoisotopic (exact) mass is 409 g/mol. The number of sulfonamides is 1. The topological polar surface area (TPSA) is 81.0 Å². The number of rotatable bonds is 3. The van der Waals surface area contributed by atoms with Gasteiger partial charge in [0.15, 0.2) is 0 Å². The average molecular weight is 410 g/mol. The Labute approximate surface area is 170 Å². The van der Waals surface area contributed by atoms with Crippen molar-refractivity contribution in [3.8, 4) is 11.3 Å². The van der Waals surface area contributed by atoms with Gasteiger partial charge in [-0.25, -0.2) is 13.1 Å². The first kappa shape index (κ1) is 18.4. The van der Waals surface area contributed by atoms with Crippen LogP contribution in [0.25, 0.3) is 11.3 Å². The molecule has 0 amide bonds. The minimum absolute atomic E-state index is 0.0191. The fourth-order valence-corrected chi connectivity index (χ4v) is 6.19. The van der Waals surface area contributed by atoms with E-state index in [-0.39, 0.29) is 18.6 Å². The van der Waals surface area contributed by atoms with Crippen LogP contribution in [0.2, 0.25) is 0 Å². The number of pyridine rings is 1. The van der Waals surface area contributed by atoms with E-state index in [9.17, 15) is 8.42 Å². The van der Waals surface area contributed by atoms with E-state index >= 15 is 0 Å². The predicted octanol–water partition coefficient (Wildman–Crippen LogP) is 3.34. The molecule has 2 atom stereocenters. The highest BCUT2D eigenvalue weighted by Gasteiger charge is 2.44. The normalized spacial score (nSPS) is 22.1. The van der Waals surface area contributed by atoms with Crippen LogP contribution < -0.4 is 0 Å². The molecule has 5 rings (SSSR count). The molecule has 0 unspecified atom stereocenters. The number of aromatic nitrogens is 4. The molecule has 150 valence electrons. The number of aryl methyl sites for hydroxylation is 1. The summed E-state index contributed by atoms with van der Waals surface area (Å²) < 4.78 is 30.8. The number of hydrogen-bond acceptors (Lipinski definition) is 5. The van der Waals surface area contributed by atoms with Gasteiger partial charge in [-0.05, 0) is 44.0 Å². The lowest BCUT2D eigenvalue weighted by Gasteiger charge is -2.43. The number of nitrogens with zero attached hydrogens (tertiary/aromatic N) is 5. The highest BCUT2D eigenvalue weighted by molar-refractivity contribution is 7.89. The fourth-order valence-electron chi connectivity index (χ4n) is 4.54. The summed E-state index contributed by atoms with van der Waals surface area (Å²) in [6.45, 7) is 2.23. The molecule has 1 aliphatic heterocycles. The van der Waals surface area contributed by atoms with E-state index in [4.69, 9.17) is 0 Å². The fraction of sp³-hybridized carbons (Fsp3) is 0.381. The number of fused-ring (bicyclic) bond motifs is 3. The molecule has 29 heavy (non-hydrogen) atoms. The van der Waals surface area contributed by atoms with Crippen molar-refractivity contribution in [2.45, 2.75) is 56.1 Å². The second kappa shape index (κ2) is 7.03. The lowest BCUT2D eigenvalue weighted by molar-refractivity contribution is 0.131. The quantitative estimate of drug-likeness (QED) is 0.663. The van der Waals surface area contributed by atoms with Crippen LogP contribution in [0.3, 0.4) is 0 Å². The predicted molar refractivity (Wildman–Crippen MR) is 108 cm³/mol. The van der Waals surface area contributed by atoms with Crippen LogP contribution in [0.4, 0.5) is 0 Å². The van der Waals surface area contributed by atoms with Gasteiger partial charge in [-0.1, -0.05) is 35.8 Å². The zero-order chi connectivity index (χ0) is 20.0. The van der Waals surface area contributed by atoms with E-state index < -0.39 is 10.0 Å². The molecule has 2 aromatic heterocycles. The smallest absolute Gasteiger partial charge is 0.243 e. The molecule has 2 aliphatic rings. The summed E-state index contributed by atoms with van der Waals surface area (Å²) in [5.41, 5.74) is 3.46. The molecule has 1 saturated carbocycles. The third-order valence-electron chi connectivity index (χ3n) is 6.04. The Kier molecular flexibility index (Phi) is 4.48. The summed E-state index contributed by atoms with van der Waals surface area (Å²) in [6.07, 6.45) is 7.31. The molecule has 0 saturated heterocycles. The molecule has 0 N–H and O–H groups in total. The van der Waals surface area contributed by atoms with Crippen molar-refractivity contribution in [2.24, 2.45) is 0 Å². The summed E-state index contributed by atoms with van der Waals surface area (Å²) in [7, 11) is -3.62. The highest BCUT2D eigenvalue weighted by Crippen LogP contribution is 2.41. The number of hydrogen-bond donors (Lipinski definition) is 0. The first-order valence-corrected chi connectivity index (χ1v) is 11.4. The van der Waals surface area contributed by atoms with Gasteiger partial charge in [0.2, 0.25) is 10.0 Å². The highest BCUT2D eigenvalue weighted by atomic mass is 32.2. The van der Waals surface area contributed by atoms with Gasteiger partial charge in [0, 0.05) is 24.0 Å². The SMILES string of the molecule is Cc1ccc(S(=O)(=O)N2Cc3c(-c4cccnc4)nnn3[C@@H]3CCCC[C@H]32)cc1. The summed E-state index contributed by atoms with van der Waals surface area (Å²) in [5, 5.41) is 8.85. The van der Waals surface area contributed by atoms with Crippen LogP contribution in [0.1, 0.15) is 43.0 Å². The Balaban J connectivity index is 1.62. The molecular formula is C21H23N5O2S. The molecule has 1 fully saturated rings. The molecule has 0 spiro atoms. The van der Waals surface area contributed by atoms with E-state index in [1.165, 1.54) is 0 Å². The third-order valence-corrected chi connectivity index (χ3v) is 7.92. The van der Waals surface area contributed by atoms with Crippen LogP contribution in [-0.2, 0) is 16.6 Å². The van der Waals surface area contributed by atoms with Crippen LogP contribution in [0.5, 0.6) is 0 Å². The van der Waals surface area contributed by atoms with E-state index in [0.29, 0.717) is 10.6 Å². The summed E-state index contributed by atoms with van der Waals surface area (Å²) in [5.74, 6) is 0. The van der Waals surface area contributed by atoms with E-state index in [0.717, 1.165) is 42.5 Å². The zero-order valence-corrected chi connectivity index (χ0v) is 17.1. The van der Waals surface area contributed by atoms with Crippen molar-refractivity contribution in [1.82, 2.24) is 24.3 Å². The molecule has 0 radical (unpaired) electrons. The van der Waals surface area contributed by atoms with Gasteiger partial charge >= 0.3 is 0 Å². The minimum Gasteiger partial charge on any atom is -0.264 e. The van der Waals surface area contributed by atoms with Crippen molar-refractivity contribution in [3.63, 3.8) is 0 Å². The molecule has 7 nitrogen and oxygen atoms in total. The summed E-state index contributed by atoms with van der Waals surface area (Å²) in [6, 6.07) is 10.8. The van der Waals surface area contributed by atoms with Crippen molar-refractivity contribution in [1.29, 1.82) is 0 Å². The summed E-state index contributed by atoms with van der Waals surface area (Å²) >= 11 is 0. The minimum atomic E-state index is -3.62. The van der Waals surface area contributed by atoms with Gasteiger partial charge in [0.25, 0.3) is 0 Å². The Morgan fingerprint density at radius 3 is 2.52 bits per heavy atom. The van der Waals surface area contributed by atoms with E-state index in [2.05, 4.69) is 15.3 Å². The van der Waals surface area contributed by atoms with Gasteiger partial charge in [-0.3, -0.25) is 4.98 Å². The average Bonchev–Trinajstić information content (AvgIpc) is 3.18. The first-order valence-electron chi connectivity index (χ1n) is 9.99. The summed E-state index contributed by atoms with van der Waals surface area (Å²) in [4.78, 5) is 4.53. The maximum atomic E-state index is 13.6. The van der Waals surface area contributed by atoms with Crippen LogP contribution in [0, 0.1) is 6.92 Å². The first-order chi connectivity index (χ1) is 14.1. The Bertz CT molecular complexity index is 1130. The second-order valence-corrected chi connectivity index (χ2v) is 9.74. The third kappa shape index (κ3) is 3.07. The van der Waals surface area contributed by atoms with Crippen molar-refractivity contribution < 1.29 is 8.42 Å². The lowest BCUT2D eigenvalue weighted by Crippen LogP contribution is -2.50. The maximum Gasteiger partial charge on any atom is 0.243 e. The molecule has 3 heterocycles. The van der Waals surface area contributed by atoms with E-state index in [1.807, 2.05) is 35.9 Å². The second-order valence-electron chi connectivity index (χ2n) is 7.85. The van der Waals surface area contributed by atoms with Crippen LogP contribution in [0.15, 0.2) is 53.7 Å². The van der Waals surface area contributed by atoms with Crippen LogP contribution in [-0.4, -0.2) is 38.7 Å². The Hall–Kier alpha value is -2.58. The van der Waals surface area contributed by atoms with Gasteiger partial charge in [0.05, 0.1) is 23.2 Å². The van der Waals surface area contributed by atoms with Gasteiger partial charge < -0.3 is 0 Å². The van der Waals surface area contributed by atoms with Crippen molar-refractivity contribution in [3.05, 3.63) is 60.0 Å². The molecule has 3 aromatic rings.